The molecule has 0 radical (unpaired) electrons. The number of amides is 1. The number of carbonyl (C=O) groups is 1. The quantitative estimate of drug-likeness (QED) is 0.208. The van der Waals surface area contributed by atoms with Crippen LogP contribution in [0.25, 0.3) is 0 Å². The van der Waals surface area contributed by atoms with Crippen molar-refractivity contribution < 1.29 is 35.9 Å². The van der Waals surface area contributed by atoms with Gasteiger partial charge in [-0.15, -0.1) is 0 Å². The van der Waals surface area contributed by atoms with E-state index in [1.165, 1.54) is 4.90 Å². The number of benzene rings is 3. The first-order valence-electron chi connectivity index (χ1n) is 13.1. The first kappa shape index (κ1) is 29.5. The van der Waals surface area contributed by atoms with Crippen molar-refractivity contribution in [1.29, 1.82) is 0 Å². The number of unbranched alkanes of at least 4 members (excludes halogenated alkanes) is 1. The molecule has 4 rings (SSSR count). The molecule has 0 N–H and O–H groups in total. The Morgan fingerprint density at radius 3 is 2.00 bits per heavy atom. The average molecular weight is 565 g/mol. The molecule has 4 nitrogen and oxygen atoms in total. The minimum absolute atomic E-state index is 0.0394. The summed E-state index contributed by atoms with van der Waals surface area (Å²) in [5.74, 6) is -0.0470. The Morgan fingerprint density at radius 1 is 0.800 bits per heavy atom. The van der Waals surface area contributed by atoms with Crippen LogP contribution in [0.3, 0.4) is 0 Å². The summed E-state index contributed by atoms with van der Waals surface area (Å²) in [6.45, 7) is 2.38. The molecule has 1 saturated heterocycles. The second-order valence-electron chi connectivity index (χ2n) is 9.81. The molecule has 0 aliphatic carbocycles. The number of nitrogens with zero attached hydrogens (tertiary/aromatic N) is 2. The van der Waals surface area contributed by atoms with Crippen LogP contribution in [0.5, 0.6) is 5.75 Å². The summed E-state index contributed by atoms with van der Waals surface area (Å²) in [5.41, 5.74) is -2.70. The Balaban J connectivity index is 1.47. The lowest BCUT2D eigenvalue weighted by atomic mass is 9.99. The molecule has 40 heavy (non-hydrogen) atoms. The van der Waals surface area contributed by atoms with Crippen molar-refractivity contribution in [3.05, 3.63) is 101 Å². The van der Waals surface area contributed by atoms with Crippen LogP contribution in [0.2, 0.25) is 0 Å². The smallest absolute Gasteiger partial charge is 0.416 e. The summed E-state index contributed by atoms with van der Waals surface area (Å²) in [4.78, 5) is 17.0. The van der Waals surface area contributed by atoms with E-state index in [2.05, 4.69) is 4.90 Å². The van der Waals surface area contributed by atoms with E-state index in [4.69, 9.17) is 4.74 Å². The summed E-state index contributed by atoms with van der Waals surface area (Å²) in [5, 5.41) is 0. The van der Waals surface area contributed by atoms with Crippen LogP contribution in [0.1, 0.15) is 39.9 Å². The third-order valence-electron chi connectivity index (χ3n) is 6.86. The molecule has 3 aromatic carbocycles. The van der Waals surface area contributed by atoms with Crippen LogP contribution in [0.4, 0.5) is 26.3 Å². The zero-order valence-electron chi connectivity index (χ0n) is 21.7. The van der Waals surface area contributed by atoms with Gasteiger partial charge in [-0.1, -0.05) is 48.5 Å². The lowest BCUT2D eigenvalue weighted by Crippen LogP contribution is -2.56. The van der Waals surface area contributed by atoms with Gasteiger partial charge in [-0.2, -0.15) is 26.3 Å². The lowest BCUT2D eigenvalue weighted by molar-refractivity contribution is -0.143. The minimum atomic E-state index is -5.03. The topological polar surface area (TPSA) is 32.8 Å². The van der Waals surface area contributed by atoms with E-state index in [-0.39, 0.29) is 12.6 Å². The van der Waals surface area contributed by atoms with Crippen LogP contribution >= 0.6 is 0 Å². The van der Waals surface area contributed by atoms with Gasteiger partial charge in [0.05, 0.1) is 17.7 Å². The van der Waals surface area contributed by atoms with Gasteiger partial charge in [0.1, 0.15) is 5.75 Å². The minimum Gasteiger partial charge on any atom is -0.494 e. The van der Waals surface area contributed by atoms with Crippen molar-refractivity contribution in [3.63, 3.8) is 0 Å². The molecule has 214 valence electrons. The molecule has 1 aliphatic rings. The first-order valence-corrected chi connectivity index (χ1v) is 13.1. The Kier molecular flexibility index (Phi) is 9.40. The van der Waals surface area contributed by atoms with Crippen LogP contribution in [0, 0.1) is 0 Å². The van der Waals surface area contributed by atoms with E-state index in [9.17, 15) is 31.1 Å². The van der Waals surface area contributed by atoms with Gasteiger partial charge in [-0.25, -0.2) is 0 Å². The fraction of sp³-hybridized carbons (Fsp3) is 0.367. The fourth-order valence-corrected chi connectivity index (χ4v) is 4.84. The second-order valence-corrected chi connectivity index (χ2v) is 9.81. The number of carbonyl (C=O) groups excluding carboxylic acids is 1. The van der Waals surface area contributed by atoms with Gasteiger partial charge in [0.15, 0.2) is 0 Å². The first-order chi connectivity index (χ1) is 19.0. The number of rotatable bonds is 9. The maximum atomic E-state index is 13.5. The van der Waals surface area contributed by atoms with Crippen LogP contribution < -0.4 is 4.74 Å². The van der Waals surface area contributed by atoms with Crippen LogP contribution in [0.15, 0.2) is 78.9 Å². The van der Waals surface area contributed by atoms with E-state index in [0.29, 0.717) is 38.2 Å². The standard InChI is InChI=1S/C30H30F6N2O2/c31-29(32,33)24-18-23(19-25(20-24)30(34,35)36)28(39)38-15-14-37(21-26(38)17-22-9-3-1-4-10-22)13-7-8-16-40-27-11-5-2-6-12-27/h1-6,9-12,18-20,26H,7-8,13-17,21H2/t26-/m1/s1. The van der Waals surface area contributed by atoms with Gasteiger partial charge < -0.3 is 9.64 Å². The molecule has 0 bridgehead atoms. The van der Waals surface area contributed by atoms with Gasteiger partial charge in [0.25, 0.3) is 5.91 Å². The van der Waals surface area contributed by atoms with Gasteiger partial charge in [-0.3, -0.25) is 9.69 Å². The predicted octanol–water partition coefficient (Wildman–Crippen LogP) is 6.95. The second kappa shape index (κ2) is 12.8. The molecule has 1 heterocycles. The van der Waals surface area contributed by atoms with Gasteiger partial charge >= 0.3 is 12.4 Å². The Morgan fingerprint density at radius 2 is 1.40 bits per heavy atom. The number of hydrogen-bond acceptors (Lipinski definition) is 3. The number of alkyl halides is 6. The molecular weight excluding hydrogens is 534 g/mol. The monoisotopic (exact) mass is 564 g/mol. The molecule has 0 unspecified atom stereocenters. The highest BCUT2D eigenvalue weighted by Gasteiger charge is 2.39. The van der Waals surface area contributed by atoms with Gasteiger partial charge in [0, 0.05) is 31.2 Å². The van der Waals surface area contributed by atoms with Crippen molar-refractivity contribution in [2.75, 3.05) is 32.8 Å². The normalized spacial score (nSPS) is 16.6. The van der Waals surface area contributed by atoms with E-state index >= 15 is 0 Å². The van der Waals surface area contributed by atoms with E-state index in [1.54, 1.807) is 0 Å². The summed E-state index contributed by atoms with van der Waals surface area (Å²) >= 11 is 0. The summed E-state index contributed by atoms with van der Waals surface area (Å²) < 4.78 is 86.2. The highest BCUT2D eigenvalue weighted by atomic mass is 19.4. The molecule has 1 fully saturated rings. The molecule has 10 heteroatoms. The summed E-state index contributed by atoms with van der Waals surface area (Å²) in [6, 6.07) is 19.4. The summed E-state index contributed by atoms with van der Waals surface area (Å²) in [6.07, 6.45) is -7.99. The molecule has 1 aliphatic heterocycles. The average Bonchev–Trinajstić information content (AvgIpc) is 2.92. The van der Waals surface area contributed by atoms with Crippen LogP contribution in [-0.2, 0) is 18.8 Å². The van der Waals surface area contributed by atoms with E-state index in [1.807, 2.05) is 60.7 Å². The molecule has 1 atom stereocenters. The third kappa shape index (κ3) is 8.00. The third-order valence-corrected chi connectivity index (χ3v) is 6.86. The highest BCUT2D eigenvalue weighted by Crippen LogP contribution is 2.37. The lowest BCUT2D eigenvalue weighted by Gasteiger charge is -2.42. The van der Waals surface area contributed by atoms with Gasteiger partial charge in [0.2, 0.25) is 0 Å². The van der Waals surface area contributed by atoms with Gasteiger partial charge in [-0.05, 0) is 61.7 Å². The Bertz CT molecular complexity index is 1220. The van der Waals surface area contributed by atoms with Crippen molar-refractivity contribution >= 4 is 5.91 Å². The molecule has 1 amide bonds. The van der Waals surface area contributed by atoms with E-state index < -0.39 is 41.0 Å². The number of ether oxygens (including phenoxy) is 1. The Hall–Kier alpha value is -3.53. The number of piperazine rings is 1. The molecule has 0 spiro atoms. The van der Waals surface area contributed by atoms with Crippen molar-refractivity contribution in [1.82, 2.24) is 9.80 Å². The Labute approximate surface area is 229 Å². The maximum Gasteiger partial charge on any atom is 0.416 e. The predicted molar refractivity (Wildman–Crippen MR) is 139 cm³/mol. The largest absolute Gasteiger partial charge is 0.494 e. The van der Waals surface area contributed by atoms with Crippen molar-refractivity contribution in [3.8, 4) is 5.75 Å². The fourth-order valence-electron chi connectivity index (χ4n) is 4.84. The van der Waals surface area contributed by atoms with Crippen molar-refractivity contribution in [2.45, 2.75) is 37.7 Å². The van der Waals surface area contributed by atoms with Crippen LogP contribution in [-0.4, -0.2) is 54.5 Å². The molecule has 3 aromatic rings. The molecular formula is C30H30F6N2O2. The molecule has 0 aromatic heterocycles. The number of para-hydroxylation sites is 1. The number of hydrogen-bond donors (Lipinski definition) is 0. The highest BCUT2D eigenvalue weighted by molar-refractivity contribution is 5.95. The van der Waals surface area contributed by atoms with E-state index in [0.717, 1.165) is 30.7 Å². The van der Waals surface area contributed by atoms with Crippen molar-refractivity contribution in [2.24, 2.45) is 0 Å². The zero-order valence-corrected chi connectivity index (χ0v) is 21.7. The summed E-state index contributed by atoms with van der Waals surface area (Å²) in [7, 11) is 0. The maximum absolute atomic E-state index is 13.5. The zero-order chi connectivity index (χ0) is 28.8. The molecule has 0 saturated carbocycles. The SMILES string of the molecule is O=C(c1cc(C(F)(F)F)cc(C(F)(F)F)c1)N1CCN(CCCCOc2ccccc2)C[C@H]1Cc1ccccc1. The number of halogens is 6.